The molecular weight excluding hydrogens is 146 g/mol. The number of aryl methyl sites for hydroxylation is 1. The molecule has 2 aromatic rings. The Kier molecular flexibility index (Phi) is 1.51. The number of rotatable bonds is 0. The lowest BCUT2D eigenvalue weighted by atomic mass is 10.1. The molecule has 0 saturated carbocycles. The molecule has 0 spiro atoms. The molecule has 0 fully saturated rings. The molecule has 0 aliphatic rings. The van der Waals surface area contributed by atoms with Gasteiger partial charge in [0.1, 0.15) is 0 Å². The highest BCUT2D eigenvalue weighted by Gasteiger charge is 1.97. The first-order chi connectivity index (χ1) is 5.77. The lowest BCUT2D eigenvalue weighted by molar-refractivity contribution is 1.44. The summed E-state index contributed by atoms with van der Waals surface area (Å²) in [6.45, 7) is 2.02. The van der Waals surface area contributed by atoms with Crippen molar-refractivity contribution < 1.29 is 0 Å². The molecule has 2 rings (SSSR count). The fourth-order valence-electron chi connectivity index (χ4n) is 1.46. The van der Waals surface area contributed by atoms with Crippen molar-refractivity contribution in [1.29, 1.82) is 0 Å². The predicted molar refractivity (Wildman–Crippen MR) is 51.4 cm³/mol. The summed E-state index contributed by atoms with van der Waals surface area (Å²) in [7, 11) is 0. The van der Waals surface area contributed by atoms with Crippen LogP contribution in [0.15, 0.2) is 36.4 Å². The average Bonchev–Trinajstić information content (AvgIpc) is 2.04. The third kappa shape index (κ3) is 1.03. The van der Waals surface area contributed by atoms with Gasteiger partial charge < -0.3 is 5.73 Å². The Morgan fingerprint density at radius 2 is 1.83 bits per heavy atom. The lowest BCUT2D eigenvalue weighted by Gasteiger charge is -2.01. The van der Waals surface area contributed by atoms with Crippen molar-refractivity contribution in [3.05, 3.63) is 42.0 Å². The van der Waals surface area contributed by atoms with Gasteiger partial charge in [0, 0.05) is 5.39 Å². The summed E-state index contributed by atoms with van der Waals surface area (Å²) in [5, 5.41) is 2.19. The molecule has 1 radical (unpaired) electrons. The lowest BCUT2D eigenvalue weighted by Crippen LogP contribution is -1.78. The van der Waals surface area contributed by atoms with E-state index in [0.29, 0.717) is 5.69 Å². The van der Waals surface area contributed by atoms with E-state index >= 15 is 0 Å². The Morgan fingerprint density at radius 1 is 1.08 bits per heavy atom. The quantitative estimate of drug-likeness (QED) is 0.559. The van der Waals surface area contributed by atoms with E-state index in [9.17, 15) is 0 Å². The van der Waals surface area contributed by atoms with Gasteiger partial charge in [-0.3, -0.25) is 0 Å². The summed E-state index contributed by atoms with van der Waals surface area (Å²) in [4.78, 5) is 0. The molecule has 0 saturated heterocycles. The molecule has 12 heavy (non-hydrogen) atoms. The van der Waals surface area contributed by atoms with Crippen molar-refractivity contribution in [2.75, 3.05) is 0 Å². The van der Waals surface area contributed by atoms with Crippen LogP contribution in [0.5, 0.6) is 0 Å². The van der Waals surface area contributed by atoms with E-state index in [4.69, 9.17) is 5.73 Å². The van der Waals surface area contributed by atoms with Gasteiger partial charge in [-0.2, -0.15) is 0 Å². The van der Waals surface area contributed by atoms with Crippen LogP contribution in [0, 0.1) is 6.92 Å². The van der Waals surface area contributed by atoms with E-state index in [0.717, 1.165) is 16.3 Å². The maximum Gasteiger partial charge on any atom is 0.0620 e. The second kappa shape index (κ2) is 2.52. The zero-order valence-electron chi connectivity index (χ0n) is 6.96. The number of nitrogens with one attached hydrogen (secondary N) is 1. The fraction of sp³-hybridized carbons (Fsp3) is 0.0909. The van der Waals surface area contributed by atoms with Crippen LogP contribution in [0.4, 0.5) is 5.69 Å². The van der Waals surface area contributed by atoms with E-state index in [1.54, 1.807) is 0 Å². The molecule has 1 N–H and O–H groups in total. The molecule has 0 amide bonds. The van der Waals surface area contributed by atoms with Crippen LogP contribution in [0.2, 0.25) is 0 Å². The fourth-order valence-corrected chi connectivity index (χ4v) is 1.46. The summed E-state index contributed by atoms with van der Waals surface area (Å²) in [5.74, 6) is 0. The second-order valence-corrected chi connectivity index (χ2v) is 3.03. The van der Waals surface area contributed by atoms with Gasteiger partial charge in [0.05, 0.1) is 5.69 Å². The van der Waals surface area contributed by atoms with Crippen molar-refractivity contribution in [3.8, 4) is 0 Å². The number of benzene rings is 2. The SMILES string of the molecule is Cc1cc([NH])c2ccccc2c1. The van der Waals surface area contributed by atoms with Crippen molar-refractivity contribution in [3.63, 3.8) is 0 Å². The number of fused-ring (bicyclic) bond motifs is 1. The van der Waals surface area contributed by atoms with Crippen LogP contribution in [-0.2, 0) is 0 Å². The molecule has 0 atom stereocenters. The van der Waals surface area contributed by atoms with Crippen molar-refractivity contribution in [1.82, 2.24) is 5.73 Å². The molecule has 1 heteroatoms. The summed E-state index contributed by atoms with van der Waals surface area (Å²) >= 11 is 0. The highest BCUT2D eigenvalue weighted by atomic mass is 14.5. The first-order valence-corrected chi connectivity index (χ1v) is 3.98. The molecule has 1 nitrogen and oxygen atoms in total. The van der Waals surface area contributed by atoms with Gasteiger partial charge in [0.2, 0.25) is 0 Å². The molecule has 2 aromatic carbocycles. The van der Waals surface area contributed by atoms with Gasteiger partial charge in [0.25, 0.3) is 0 Å². The highest BCUT2D eigenvalue weighted by Crippen LogP contribution is 2.23. The van der Waals surface area contributed by atoms with Gasteiger partial charge >= 0.3 is 0 Å². The van der Waals surface area contributed by atoms with E-state index in [-0.39, 0.29) is 0 Å². The molecule has 0 heterocycles. The Labute approximate surface area is 71.8 Å². The van der Waals surface area contributed by atoms with Crippen LogP contribution < -0.4 is 5.73 Å². The smallest absolute Gasteiger partial charge is 0.0620 e. The number of hydrogen-bond donors (Lipinski definition) is 0. The maximum atomic E-state index is 7.70. The Balaban J connectivity index is 2.89. The van der Waals surface area contributed by atoms with Crippen molar-refractivity contribution >= 4 is 16.5 Å². The van der Waals surface area contributed by atoms with Crippen LogP contribution in [0.25, 0.3) is 10.8 Å². The van der Waals surface area contributed by atoms with Crippen molar-refractivity contribution in [2.24, 2.45) is 0 Å². The zero-order chi connectivity index (χ0) is 8.55. The van der Waals surface area contributed by atoms with Crippen molar-refractivity contribution in [2.45, 2.75) is 6.92 Å². The Hall–Kier alpha value is -1.50. The third-order valence-corrected chi connectivity index (χ3v) is 2.01. The van der Waals surface area contributed by atoms with Gasteiger partial charge in [-0.15, -0.1) is 0 Å². The summed E-state index contributed by atoms with van der Waals surface area (Å²) in [6.07, 6.45) is 0. The van der Waals surface area contributed by atoms with E-state index in [1.165, 1.54) is 0 Å². The summed E-state index contributed by atoms with van der Waals surface area (Å²) in [6, 6.07) is 12.0. The van der Waals surface area contributed by atoms with Gasteiger partial charge in [-0.1, -0.05) is 30.3 Å². The van der Waals surface area contributed by atoms with Crippen LogP contribution in [0.3, 0.4) is 0 Å². The molecule has 59 valence electrons. The monoisotopic (exact) mass is 156 g/mol. The summed E-state index contributed by atoms with van der Waals surface area (Å²) in [5.41, 5.74) is 9.47. The Morgan fingerprint density at radius 3 is 2.67 bits per heavy atom. The zero-order valence-corrected chi connectivity index (χ0v) is 6.96. The predicted octanol–water partition coefficient (Wildman–Crippen LogP) is 3.06. The highest BCUT2D eigenvalue weighted by molar-refractivity contribution is 5.92. The Bertz CT molecular complexity index is 418. The standard InChI is InChI=1S/C11H10N/c1-8-6-9-4-2-3-5-10(9)11(12)7-8/h2-7,12H,1H3. The first-order valence-electron chi connectivity index (χ1n) is 3.98. The summed E-state index contributed by atoms with van der Waals surface area (Å²) < 4.78 is 0. The van der Waals surface area contributed by atoms with Crippen LogP contribution in [-0.4, -0.2) is 0 Å². The van der Waals surface area contributed by atoms with Crippen LogP contribution in [0.1, 0.15) is 5.56 Å². The third-order valence-electron chi connectivity index (χ3n) is 2.01. The molecule has 0 aliphatic carbocycles. The van der Waals surface area contributed by atoms with Crippen LogP contribution >= 0.6 is 0 Å². The largest absolute Gasteiger partial charge is 0.300 e. The average molecular weight is 156 g/mol. The molecule has 0 unspecified atom stereocenters. The van der Waals surface area contributed by atoms with Gasteiger partial charge in [0.15, 0.2) is 0 Å². The topological polar surface area (TPSA) is 23.8 Å². The molecular formula is C11H10N. The van der Waals surface area contributed by atoms with E-state index in [1.807, 2.05) is 37.3 Å². The molecule has 0 aromatic heterocycles. The van der Waals surface area contributed by atoms with Gasteiger partial charge in [-0.05, 0) is 23.9 Å². The van der Waals surface area contributed by atoms with Gasteiger partial charge in [-0.25, -0.2) is 0 Å². The first kappa shape index (κ1) is 7.17. The minimum absolute atomic E-state index is 0.616. The minimum Gasteiger partial charge on any atom is -0.300 e. The maximum absolute atomic E-state index is 7.70. The van der Waals surface area contributed by atoms with E-state index < -0.39 is 0 Å². The number of hydrogen-bond acceptors (Lipinski definition) is 0. The molecule has 0 bridgehead atoms. The van der Waals surface area contributed by atoms with E-state index in [2.05, 4.69) is 6.07 Å². The second-order valence-electron chi connectivity index (χ2n) is 3.03. The molecule has 0 aliphatic heterocycles. The normalized spacial score (nSPS) is 10.4. The minimum atomic E-state index is 0.616.